The van der Waals surface area contributed by atoms with E-state index in [0.29, 0.717) is 13.0 Å². The van der Waals surface area contributed by atoms with Crippen LogP contribution < -0.4 is 14.8 Å². The third-order valence-corrected chi connectivity index (χ3v) is 4.77. The summed E-state index contributed by atoms with van der Waals surface area (Å²) in [5.74, 6) is 1.65. The van der Waals surface area contributed by atoms with Gasteiger partial charge in [-0.3, -0.25) is 9.69 Å². The Morgan fingerprint density at radius 1 is 0.926 bits per heavy atom. The fraction of sp³-hybridized carbons (Fsp3) is 0.409. The van der Waals surface area contributed by atoms with Crippen molar-refractivity contribution < 1.29 is 14.3 Å². The molecule has 0 aliphatic rings. The molecule has 0 radical (unpaired) electrons. The largest absolute Gasteiger partial charge is 0.497 e. The molecule has 146 valence electrons. The Kier molecular flexibility index (Phi) is 8.14. The van der Waals surface area contributed by atoms with Crippen molar-refractivity contribution in [3.8, 4) is 11.5 Å². The van der Waals surface area contributed by atoms with Gasteiger partial charge in [-0.15, -0.1) is 0 Å². The second-order valence-corrected chi connectivity index (χ2v) is 6.34. The second-order valence-electron chi connectivity index (χ2n) is 6.34. The molecule has 0 heterocycles. The van der Waals surface area contributed by atoms with Gasteiger partial charge in [0.25, 0.3) is 0 Å². The van der Waals surface area contributed by atoms with E-state index in [2.05, 4.69) is 36.2 Å². The van der Waals surface area contributed by atoms with Crippen LogP contribution >= 0.6 is 0 Å². The normalized spacial score (nSPS) is 11.9. The SMILES string of the molecule is CCN(CC)C(CNC(=O)Cc1ccc(OC)cc1)c1ccc(OC)cc1. The zero-order valence-electron chi connectivity index (χ0n) is 16.7. The van der Waals surface area contributed by atoms with Gasteiger partial charge < -0.3 is 14.8 Å². The Morgan fingerprint density at radius 2 is 1.44 bits per heavy atom. The predicted molar refractivity (Wildman–Crippen MR) is 108 cm³/mol. The molecular weight excluding hydrogens is 340 g/mol. The standard InChI is InChI=1S/C22H30N2O3/c1-5-24(6-2)21(18-9-13-20(27-4)14-10-18)16-23-22(25)15-17-7-11-19(26-3)12-8-17/h7-14,21H,5-6,15-16H2,1-4H3,(H,23,25). The van der Waals surface area contributed by atoms with E-state index in [9.17, 15) is 4.79 Å². The van der Waals surface area contributed by atoms with Crippen LogP contribution in [0.15, 0.2) is 48.5 Å². The number of carbonyl (C=O) groups is 1. The van der Waals surface area contributed by atoms with E-state index in [1.807, 2.05) is 36.4 Å². The number of benzene rings is 2. The number of carbonyl (C=O) groups excluding carboxylic acids is 1. The number of hydrogen-bond acceptors (Lipinski definition) is 4. The van der Waals surface area contributed by atoms with Crippen LogP contribution in [0.2, 0.25) is 0 Å². The van der Waals surface area contributed by atoms with Gasteiger partial charge >= 0.3 is 0 Å². The number of amides is 1. The fourth-order valence-electron chi connectivity index (χ4n) is 3.15. The average molecular weight is 370 g/mol. The van der Waals surface area contributed by atoms with Gasteiger partial charge in [-0.2, -0.15) is 0 Å². The van der Waals surface area contributed by atoms with Crippen LogP contribution in [-0.2, 0) is 11.2 Å². The van der Waals surface area contributed by atoms with Gasteiger partial charge in [0, 0.05) is 6.54 Å². The van der Waals surface area contributed by atoms with E-state index < -0.39 is 0 Å². The molecule has 0 saturated heterocycles. The van der Waals surface area contributed by atoms with Gasteiger partial charge in [0.2, 0.25) is 5.91 Å². The molecule has 5 heteroatoms. The molecule has 27 heavy (non-hydrogen) atoms. The van der Waals surface area contributed by atoms with Crippen molar-refractivity contribution in [1.29, 1.82) is 0 Å². The Balaban J connectivity index is 2.02. The quantitative estimate of drug-likeness (QED) is 0.696. The highest BCUT2D eigenvalue weighted by Crippen LogP contribution is 2.22. The highest BCUT2D eigenvalue weighted by atomic mass is 16.5. The third-order valence-electron chi connectivity index (χ3n) is 4.77. The summed E-state index contributed by atoms with van der Waals surface area (Å²) in [7, 11) is 3.30. The summed E-state index contributed by atoms with van der Waals surface area (Å²) in [6.45, 7) is 6.69. The first-order valence-corrected chi connectivity index (χ1v) is 9.38. The minimum Gasteiger partial charge on any atom is -0.497 e. The van der Waals surface area contributed by atoms with Crippen molar-refractivity contribution in [3.63, 3.8) is 0 Å². The summed E-state index contributed by atoms with van der Waals surface area (Å²) in [4.78, 5) is 14.8. The number of nitrogens with one attached hydrogen (secondary N) is 1. The predicted octanol–water partition coefficient (Wildman–Crippen LogP) is 3.45. The lowest BCUT2D eigenvalue weighted by atomic mass is 10.0. The van der Waals surface area contributed by atoms with Crippen LogP contribution in [0.5, 0.6) is 11.5 Å². The number of hydrogen-bond donors (Lipinski definition) is 1. The van der Waals surface area contributed by atoms with Crippen LogP contribution in [0.4, 0.5) is 0 Å². The van der Waals surface area contributed by atoms with Crippen molar-refractivity contribution in [2.45, 2.75) is 26.3 Å². The van der Waals surface area contributed by atoms with Crippen molar-refractivity contribution >= 4 is 5.91 Å². The smallest absolute Gasteiger partial charge is 0.224 e. The van der Waals surface area contributed by atoms with E-state index in [1.165, 1.54) is 5.56 Å². The molecule has 0 saturated carbocycles. The van der Waals surface area contributed by atoms with Crippen molar-refractivity contribution in [2.75, 3.05) is 33.9 Å². The highest BCUT2D eigenvalue weighted by Gasteiger charge is 2.19. The second kappa shape index (κ2) is 10.6. The molecule has 1 unspecified atom stereocenters. The lowest BCUT2D eigenvalue weighted by molar-refractivity contribution is -0.120. The molecule has 0 spiro atoms. The average Bonchev–Trinajstić information content (AvgIpc) is 2.72. The van der Waals surface area contributed by atoms with Crippen LogP contribution in [0.3, 0.4) is 0 Å². The highest BCUT2D eigenvalue weighted by molar-refractivity contribution is 5.78. The molecular formula is C22H30N2O3. The summed E-state index contributed by atoms with van der Waals surface area (Å²) in [5, 5.41) is 3.09. The Hall–Kier alpha value is -2.53. The number of nitrogens with zero attached hydrogens (tertiary/aromatic N) is 1. The number of likely N-dealkylation sites (N-methyl/N-ethyl adjacent to an activating group) is 1. The summed E-state index contributed by atoms with van der Waals surface area (Å²) in [6, 6.07) is 15.8. The van der Waals surface area contributed by atoms with E-state index in [0.717, 1.165) is 30.2 Å². The minimum atomic E-state index is 0.0193. The zero-order chi connectivity index (χ0) is 19.6. The first-order chi connectivity index (χ1) is 13.1. The van der Waals surface area contributed by atoms with Crippen molar-refractivity contribution in [2.24, 2.45) is 0 Å². The Bertz CT molecular complexity index is 695. The van der Waals surface area contributed by atoms with Gasteiger partial charge in [-0.1, -0.05) is 38.1 Å². The lowest BCUT2D eigenvalue weighted by Gasteiger charge is -2.30. The van der Waals surface area contributed by atoms with Crippen molar-refractivity contribution in [3.05, 3.63) is 59.7 Å². The van der Waals surface area contributed by atoms with Crippen LogP contribution in [0, 0.1) is 0 Å². The molecule has 2 aromatic carbocycles. The van der Waals surface area contributed by atoms with E-state index in [-0.39, 0.29) is 11.9 Å². The molecule has 1 amide bonds. The number of methoxy groups -OCH3 is 2. The first kappa shape index (κ1) is 20.8. The molecule has 2 aromatic rings. The van der Waals surface area contributed by atoms with Crippen molar-refractivity contribution in [1.82, 2.24) is 10.2 Å². The van der Waals surface area contributed by atoms with E-state index >= 15 is 0 Å². The molecule has 0 aliphatic carbocycles. The van der Waals surface area contributed by atoms with Crippen LogP contribution in [0.25, 0.3) is 0 Å². The summed E-state index contributed by atoms with van der Waals surface area (Å²) in [6.07, 6.45) is 0.359. The van der Waals surface area contributed by atoms with E-state index in [1.54, 1.807) is 14.2 Å². The number of rotatable bonds is 10. The van der Waals surface area contributed by atoms with Gasteiger partial charge in [-0.05, 0) is 48.5 Å². The monoisotopic (exact) mass is 370 g/mol. The fourth-order valence-corrected chi connectivity index (χ4v) is 3.15. The van der Waals surface area contributed by atoms with Gasteiger partial charge in [-0.25, -0.2) is 0 Å². The molecule has 2 rings (SSSR count). The van der Waals surface area contributed by atoms with Crippen LogP contribution in [0.1, 0.15) is 31.0 Å². The molecule has 0 bridgehead atoms. The van der Waals surface area contributed by atoms with Gasteiger partial charge in [0.05, 0.1) is 26.7 Å². The summed E-state index contributed by atoms with van der Waals surface area (Å²) < 4.78 is 10.4. The lowest BCUT2D eigenvalue weighted by Crippen LogP contribution is -2.38. The third kappa shape index (κ3) is 6.00. The number of ether oxygens (including phenoxy) is 2. The molecule has 0 fully saturated rings. The molecule has 0 aromatic heterocycles. The maximum absolute atomic E-state index is 12.4. The Morgan fingerprint density at radius 3 is 1.93 bits per heavy atom. The summed E-state index contributed by atoms with van der Waals surface area (Å²) in [5.41, 5.74) is 2.14. The van der Waals surface area contributed by atoms with Gasteiger partial charge in [0.15, 0.2) is 0 Å². The topological polar surface area (TPSA) is 50.8 Å². The van der Waals surface area contributed by atoms with E-state index in [4.69, 9.17) is 9.47 Å². The maximum atomic E-state index is 12.4. The molecule has 5 nitrogen and oxygen atoms in total. The molecule has 1 N–H and O–H groups in total. The van der Waals surface area contributed by atoms with Gasteiger partial charge in [0.1, 0.15) is 11.5 Å². The Labute approximate surface area is 162 Å². The molecule has 0 aliphatic heterocycles. The molecule has 1 atom stereocenters. The first-order valence-electron chi connectivity index (χ1n) is 9.38. The minimum absolute atomic E-state index is 0.0193. The van der Waals surface area contributed by atoms with Crippen LogP contribution in [-0.4, -0.2) is 44.7 Å². The maximum Gasteiger partial charge on any atom is 0.224 e. The summed E-state index contributed by atoms with van der Waals surface area (Å²) >= 11 is 0. The zero-order valence-corrected chi connectivity index (χ0v) is 16.7.